The van der Waals surface area contributed by atoms with Crippen molar-refractivity contribution < 1.29 is 4.74 Å². The zero-order chi connectivity index (χ0) is 12.4. The average molecular weight is 239 g/mol. The monoisotopic (exact) mass is 239 g/mol. The van der Waals surface area contributed by atoms with Crippen molar-refractivity contribution in [3.05, 3.63) is 59.7 Å². The minimum absolute atomic E-state index is 0.646. The number of ether oxygens (including phenoxy) is 1. The fraction of sp³-hybridized carbons (Fsp3) is 0.250. The first-order valence-corrected chi connectivity index (χ1v) is 6.32. The highest BCUT2D eigenvalue weighted by molar-refractivity contribution is 5.49. The Morgan fingerprint density at radius 1 is 1.17 bits per heavy atom. The Hall–Kier alpha value is -1.96. The molecule has 0 radical (unpaired) electrons. The third kappa shape index (κ3) is 2.06. The molecule has 0 amide bonds. The lowest BCUT2D eigenvalue weighted by Gasteiger charge is -2.30. The van der Waals surface area contributed by atoms with Crippen molar-refractivity contribution in [2.24, 2.45) is 0 Å². The van der Waals surface area contributed by atoms with E-state index in [1.165, 1.54) is 17.5 Å². The second-order valence-corrected chi connectivity index (χ2v) is 4.71. The topological polar surface area (TPSA) is 21.3 Å². The molecule has 0 saturated carbocycles. The number of hydrogen-bond acceptors (Lipinski definition) is 2. The molecule has 0 aliphatic heterocycles. The van der Waals surface area contributed by atoms with E-state index in [1.807, 2.05) is 18.2 Å². The number of fused-ring (bicyclic) bond motifs is 1. The molecule has 2 aromatic rings. The SMILES string of the molecule is COc1cccc(NCC2Cc3ccccc32)c1. The number of benzene rings is 2. The first-order valence-electron chi connectivity index (χ1n) is 6.32. The minimum atomic E-state index is 0.646. The number of methoxy groups -OCH3 is 1. The summed E-state index contributed by atoms with van der Waals surface area (Å²) < 4.78 is 5.22. The first kappa shape index (κ1) is 11.1. The van der Waals surface area contributed by atoms with E-state index >= 15 is 0 Å². The van der Waals surface area contributed by atoms with E-state index in [2.05, 4.69) is 35.6 Å². The van der Waals surface area contributed by atoms with Gasteiger partial charge in [0.25, 0.3) is 0 Å². The quantitative estimate of drug-likeness (QED) is 0.882. The van der Waals surface area contributed by atoms with Crippen LogP contribution in [0.3, 0.4) is 0 Å². The van der Waals surface area contributed by atoms with Gasteiger partial charge in [-0.25, -0.2) is 0 Å². The average Bonchev–Trinajstić information content (AvgIpc) is 2.40. The van der Waals surface area contributed by atoms with Crippen molar-refractivity contribution in [1.29, 1.82) is 0 Å². The van der Waals surface area contributed by atoms with Crippen molar-refractivity contribution in [1.82, 2.24) is 0 Å². The Bertz CT molecular complexity index is 550. The van der Waals surface area contributed by atoms with Crippen molar-refractivity contribution in [3.8, 4) is 5.75 Å². The Morgan fingerprint density at radius 3 is 2.89 bits per heavy atom. The maximum absolute atomic E-state index is 5.22. The van der Waals surface area contributed by atoms with Crippen LogP contribution in [0, 0.1) is 0 Å². The molecule has 1 atom stereocenters. The fourth-order valence-corrected chi connectivity index (χ4v) is 2.52. The number of nitrogens with one attached hydrogen (secondary N) is 1. The molecule has 1 aliphatic carbocycles. The van der Waals surface area contributed by atoms with Gasteiger partial charge in [-0.05, 0) is 29.7 Å². The summed E-state index contributed by atoms with van der Waals surface area (Å²) in [6, 6.07) is 16.8. The summed E-state index contributed by atoms with van der Waals surface area (Å²) in [6.07, 6.45) is 1.19. The van der Waals surface area contributed by atoms with Crippen molar-refractivity contribution in [3.63, 3.8) is 0 Å². The Balaban J connectivity index is 1.63. The molecule has 0 aromatic heterocycles. The Labute approximate surface area is 108 Å². The van der Waals surface area contributed by atoms with Gasteiger partial charge >= 0.3 is 0 Å². The molecule has 2 heteroatoms. The zero-order valence-electron chi connectivity index (χ0n) is 10.5. The number of hydrogen-bond donors (Lipinski definition) is 1. The fourth-order valence-electron chi connectivity index (χ4n) is 2.52. The van der Waals surface area contributed by atoms with E-state index < -0.39 is 0 Å². The summed E-state index contributed by atoms with van der Waals surface area (Å²) in [5, 5.41) is 3.48. The van der Waals surface area contributed by atoms with Crippen LogP contribution in [-0.4, -0.2) is 13.7 Å². The van der Waals surface area contributed by atoms with Gasteiger partial charge in [0, 0.05) is 24.2 Å². The molecule has 0 heterocycles. The lowest BCUT2D eigenvalue weighted by molar-refractivity contribution is 0.415. The third-order valence-electron chi connectivity index (χ3n) is 3.58. The molecular formula is C16H17NO. The van der Waals surface area contributed by atoms with Crippen LogP contribution in [0.2, 0.25) is 0 Å². The van der Waals surface area contributed by atoms with E-state index in [-0.39, 0.29) is 0 Å². The van der Waals surface area contributed by atoms with Gasteiger partial charge in [-0.1, -0.05) is 30.3 Å². The van der Waals surface area contributed by atoms with Gasteiger partial charge in [0.2, 0.25) is 0 Å². The van der Waals surface area contributed by atoms with Gasteiger partial charge < -0.3 is 10.1 Å². The van der Waals surface area contributed by atoms with Gasteiger partial charge in [0.1, 0.15) is 5.75 Å². The first-order chi connectivity index (χ1) is 8.86. The predicted octanol–water partition coefficient (Wildman–Crippen LogP) is 3.45. The lowest BCUT2D eigenvalue weighted by atomic mass is 9.77. The van der Waals surface area contributed by atoms with Crippen LogP contribution in [0.5, 0.6) is 5.75 Å². The number of rotatable bonds is 4. The molecule has 18 heavy (non-hydrogen) atoms. The maximum atomic E-state index is 5.22. The molecule has 2 aromatic carbocycles. The number of anilines is 1. The summed E-state index contributed by atoms with van der Waals surface area (Å²) in [5.41, 5.74) is 4.11. The van der Waals surface area contributed by atoms with Crippen LogP contribution in [-0.2, 0) is 6.42 Å². The van der Waals surface area contributed by atoms with E-state index in [0.717, 1.165) is 18.0 Å². The second kappa shape index (κ2) is 4.73. The van der Waals surface area contributed by atoms with Crippen LogP contribution in [0.15, 0.2) is 48.5 Å². The van der Waals surface area contributed by atoms with Gasteiger partial charge in [-0.2, -0.15) is 0 Å². The van der Waals surface area contributed by atoms with Crippen LogP contribution in [0.25, 0.3) is 0 Å². The molecule has 92 valence electrons. The largest absolute Gasteiger partial charge is 0.497 e. The van der Waals surface area contributed by atoms with Crippen LogP contribution in [0.4, 0.5) is 5.69 Å². The molecule has 3 rings (SSSR count). The highest BCUT2D eigenvalue weighted by Gasteiger charge is 2.24. The molecule has 1 N–H and O–H groups in total. The summed E-state index contributed by atoms with van der Waals surface area (Å²) in [7, 11) is 1.70. The van der Waals surface area contributed by atoms with Crippen molar-refractivity contribution in [2.75, 3.05) is 19.0 Å². The summed E-state index contributed by atoms with van der Waals surface area (Å²) in [4.78, 5) is 0. The van der Waals surface area contributed by atoms with Crippen LogP contribution >= 0.6 is 0 Å². The summed E-state index contributed by atoms with van der Waals surface area (Å²) in [6.45, 7) is 0.990. The molecular weight excluding hydrogens is 222 g/mol. The molecule has 1 unspecified atom stereocenters. The Kier molecular flexibility index (Phi) is 2.93. The Morgan fingerprint density at radius 2 is 2.06 bits per heavy atom. The van der Waals surface area contributed by atoms with E-state index in [0.29, 0.717) is 5.92 Å². The molecule has 0 fully saturated rings. The van der Waals surface area contributed by atoms with Gasteiger partial charge in [0.15, 0.2) is 0 Å². The van der Waals surface area contributed by atoms with E-state index in [4.69, 9.17) is 4.74 Å². The summed E-state index contributed by atoms with van der Waals surface area (Å²) in [5.74, 6) is 1.54. The zero-order valence-corrected chi connectivity index (χ0v) is 10.5. The summed E-state index contributed by atoms with van der Waals surface area (Å²) >= 11 is 0. The van der Waals surface area contributed by atoms with E-state index in [1.54, 1.807) is 7.11 Å². The normalized spacial score (nSPS) is 16.6. The smallest absolute Gasteiger partial charge is 0.120 e. The molecule has 0 bridgehead atoms. The molecule has 1 aliphatic rings. The van der Waals surface area contributed by atoms with Crippen LogP contribution < -0.4 is 10.1 Å². The van der Waals surface area contributed by atoms with Gasteiger partial charge in [-0.3, -0.25) is 0 Å². The van der Waals surface area contributed by atoms with E-state index in [9.17, 15) is 0 Å². The molecule has 0 spiro atoms. The maximum Gasteiger partial charge on any atom is 0.120 e. The van der Waals surface area contributed by atoms with Gasteiger partial charge in [0.05, 0.1) is 7.11 Å². The second-order valence-electron chi connectivity index (χ2n) is 4.71. The molecule has 2 nitrogen and oxygen atoms in total. The standard InChI is InChI=1S/C16H17NO/c1-18-15-7-4-6-14(10-15)17-11-13-9-12-5-2-3-8-16(12)13/h2-8,10,13,17H,9,11H2,1H3. The van der Waals surface area contributed by atoms with Crippen molar-refractivity contribution in [2.45, 2.75) is 12.3 Å². The predicted molar refractivity (Wildman–Crippen MR) is 74.4 cm³/mol. The van der Waals surface area contributed by atoms with Crippen molar-refractivity contribution >= 4 is 5.69 Å². The third-order valence-corrected chi connectivity index (χ3v) is 3.58. The lowest BCUT2D eigenvalue weighted by Crippen LogP contribution is -2.24. The highest BCUT2D eigenvalue weighted by Crippen LogP contribution is 2.34. The van der Waals surface area contributed by atoms with Gasteiger partial charge in [-0.15, -0.1) is 0 Å². The van der Waals surface area contributed by atoms with Crippen LogP contribution in [0.1, 0.15) is 17.0 Å². The minimum Gasteiger partial charge on any atom is -0.497 e. The molecule has 0 saturated heterocycles. The highest BCUT2D eigenvalue weighted by atomic mass is 16.5.